The minimum Gasteiger partial charge on any atom is -0.497 e. The van der Waals surface area contributed by atoms with Gasteiger partial charge in [0.15, 0.2) is 5.60 Å². The van der Waals surface area contributed by atoms with E-state index in [0.717, 1.165) is 45.2 Å². The van der Waals surface area contributed by atoms with E-state index in [9.17, 15) is 9.90 Å². The molecule has 3 aliphatic rings. The van der Waals surface area contributed by atoms with Crippen molar-refractivity contribution in [3.05, 3.63) is 156 Å². The summed E-state index contributed by atoms with van der Waals surface area (Å²) in [6.07, 6.45) is 3.25. The molecule has 0 saturated carbocycles. The maximum Gasteiger partial charge on any atom is 0.268 e. The summed E-state index contributed by atoms with van der Waals surface area (Å²) in [5.41, 5.74) is 5.32. The number of aromatic nitrogens is 3. The fraction of sp³-hybridized carbons (Fsp3) is 0.292. The SMILES string of the molecule is COc1ccc([Si](C)(C)[C@H]2[C@H](CCn3cc(C(CO)c4ccccc4)nn3)O[C@@]3(C(=O)N(c4ccccc4)c4ccc(N5C(=O)CCc6ccccc65)cc43)[C@@H]2C)cc1. The van der Waals surface area contributed by atoms with Crippen molar-refractivity contribution >= 4 is 47.8 Å². The predicted octanol–water partition coefficient (Wildman–Crippen LogP) is 8.01. The minimum atomic E-state index is -2.45. The molecule has 11 heteroatoms. The van der Waals surface area contributed by atoms with Crippen molar-refractivity contribution in [2.45, 2.75) is 69.0 Å². The smallest absolute Gasteiger partial charge is 0.268 e. The molecule has 4 heterocycles. The van der Waals surface area contributed by atoms with E-state index in [-0.39, 0.29) is 41.9 Å². The van der Waals surface area contributed by atoms with Gasteiger partial charge in [-0.1, -0.05) is 109 Å². The van der Waals surface area contributed by atoms with Crippen molar-refractivity contribution in [3.63, 3.8) is 0 Å². The van der Waals surface area contributed by atoms with Crippen LogP contribution < -0.4 is 19.7 Å². The Morgan fingerprint density at radius 3 is 2.29 bits per heavy atom. The number of anilines is 4. The minimum absolute atomic E-state index is 0.0121. The number of amides is 2. The molecular weight excluding hydrogens is 755 g/mol. The zero-order chi connectivity index (χ0) is 40.9. The number of carbonyl (C=O) groups excluding carboxylic acids is 2. The number of carbonyl (C=O) groups is 2. The summed E-state index contributed by atoms with van der Waals surface area (Å²) in [6, 6.07) is 42.0. The fourth-order valence-corrected chi connectivity index (χ4v) is 14.1. The summed E-state index contributed by atoms with van der Waals surface area (Å²) < 4.78 is 14.9. The van der Waals surface area contributed by atoms with Crippen molar-refractivity contribution in [1.29, 1.82) is 0 Å². The predicted molar refractivity (Wildman–Crippen MR) is 232 cm³/mol. The third-order valence-electron chi connectivity index (χ3n) is 13.0. The molecule has 5 aromatic carbocycles. The van der Waals surface area contributed by atoms with E-state index in [1.807, 2.05) is 130 Å². The van der Waals surface area contributed by atoms with Crippen LogP contribution in [0.4, 0.5) is 22.7 Å². The first-order chi connectivity index (χ1) is 28.6. The first-order valence-corrected chi connectivity index (χ1v) is 23.6. The zero-order valence-electron chi connectivity index (χ0n) is 33.9. The summed E-state index contributed by atoms with van der Waals surface area (Å²) >= 11 is 0. The molecule has 2 amide bonds. The standard InChI is InChI=1S/C48H49N5O5Si/c1-32-46(59(3,4)38-23-21-37(57-2)22-24-38)44(27-28-51-30-41(49-50-51)39(31-54)33-13-7-5-8-14-33)58-48(32)40-29-36(52-42-18-12-11-15-34(42)19-26-45(52)55)20-25-43(40)53(47(48)56)35-16-9-6-10-17-35/h5-18,20-25,29-30,32,39,44,46,54H,19,26-28,31H2,1-4H3/t32-,39?,44+,46-,48+/m1/s1. The average molecular weight is 804 g/mol. The Balaban J connectivity index is 1.15. The number of aliphatic hydroxyl groups excluding tert-OH is 1. The molecular formula is C48H49N5O5Si. The van der Waals surface area contributed by atoms with Gasteiger partial charge in [-0.25, -0.2) is 0 Å². The number of methoxy groups -OCH3 is 1. The van der Waals surface area contributed by atoms with E-state index in [2.05, 4.69) is 48.5 Å². The summed E-state index contributed by atoms with van der Waals surface area (Å²) in [5.74, 6) is 0.140. The quantitative estimate of drug-likeness (QED) is 0.132. The number of aliphatic hydroxyl groups is 1. The highest BCUT2D eigenvalue weighted by atomic mass is 28.3. The van der Waals surface area contributed by atoms with Gasteiger partial charge in [-0.15, -0.1) is 5.10 Å². The Morgan fingerprint density at radius 1 is 0.847 bits per heavy atom. The van der Waals surface area contributed by atoms with E-state index < -0.39 is 13.7 Å². The van der Waals surface area contributed by atoms with Crippen molar-refractivity contribution in [3.8, 4) is 5.75 Å². The molecule has 1 unspecified atom stereocenters. The van der Waals surface area contributed by atoms with Gasteiger partial charge in [0.2, 0.25) is 5.91 Å². The van der Waals surface area contributed by atoms with Crippen LogP contribution in [-0.2, 0) is 32.9 Å². The molecule has 9 rings (SSSR count). The Kier molecular flexibility index (Phi) is 10.1. The van der Waals surface area contributed by atoms with Crippen LogP contribution in [0.2, 0.25) is 18.6 Å². The molecule has 0 bridgehead atoms. The highest BCUT2D eigenvalue weighted by molar-refractivity contribution is 6.91. The molecule has 3 aliphatic heterocycles. The summed E-state index contributed by atoms with van der Waals surface area (Å²) in [4.78, 5) is 33.0. The summed E-state index contributed by atoms with van der Waals surface area (Å²) in [7, 11) is -0.778. The second-order valence-electron chi connectivity index (χ2n) is 16.5. The first-order valence-electron chi connectivity index (χ1n) is 20.5. The van der Waals surface area contributed by atoms with Crippen LogP contribution in [0.3, 0.4) is 0 Å². The Morgan fingerprint density at radius 2 is 1.56 bits per heavy atom. The number of hydrogen-bond acceptors (Lipinski definition) is 7. The number of hydrogen-bond donors (Lipinski definition) is 1. The number of para-hydroxylation sites is 2. The molecule has 1 saturated heterocycles. The van der Waals surface area contributed by atoms with Gasteiger partial charge in [0, 0.05) is 42.0 Å². The largest absolute Gasteiger partial charge is 0.497 e. The molecule has 10 nitrogen and oxygen atoms in total. The molecule has 1 spiro atoms. The highest BCUT2D eigenvalue weighted by Gasteiger charge is 2.66. The Labute approximate surface area is 346 Å². The molecule has 59 heavy (non-hydrogen) atoms. The fourth-order valence-electron chi connectivity index (χ4n) is 10.1. The number of aryl methyl sites for hydroxylation is 2. The first kappa shape index (κ1) is 38.6. The maximum absolute atomic E-state index is 15.6. The lowest BCUT2D eigenvalue weighted by molar-refractivity contribution is -0.145. The van der Waals surface area contributed by atoms with Crippen LogP contribution in [0.1, 0.15) is 48.1 Å². The number of ether oxygens (including phenoxy) is 2. The van der Waals surface area contributed by atoms with Gasteiger partial charge in [0.1, 0.15) is 5.75 Å². The van der Waals surface area contributed by atoms with Gasteiger partial charge in [-0.3, -0.25) is 24.1 Å². The third-order valence-corrected chi connectivity index (χ3v) is 17.4. The normalized spacial score (nSPS) is 21.8. The Hall–Kier alpha value is -5.88. The van der Waals surface area contributed by atoms with Crippen molar-refractivity contribution in [1.82, 2.24) is 15.0 Å². The molecule has 1 aromatic heterocycles. The lowest BCUT2D eigenvalue weighted by Gasteiger charge is -2.37. The monoisotopic (exact) mass is 803 g/mol. The lowest BCUT2D eigenvalue weighted by atomic mass is 9.82. The summed E-state index contributed by atoms with van der Waals surface area (Å²) in [6.45, 7) is 7.35. The third kappa shape index (κ3) is 6.48. The molecule has 300 valence electrons. The van der Waals surface area contributed by atoms with E-state index in [1.165, 1.54) is 5.19 Å². The van der Waals surface area contributed by atoms with E-state index in [0.29, 0.717) is 31.5 Å². The van der Waals surface area contributed by atoms with Gasteiger partial charge in [-0.2, -0.15) is 0 Å². The lowest BCUT2D eigenvalue weighted by Crippen LogP contribution is -2.51. The number of rotatable bonds is 11. The topological polar surface area (TPSA) is 110 Å². The van der Waals surface area contributed by atoms with E-state index in [4.69, 9.17) is 9.47 Å². The average Bonchev–Trinajstić information content (AvgIpc) is 3.93. The highest BCUT2D eigenvalue weighted by Crippen LogP contribution is 2.61. The van der Waals surface area contributed by atoms with Gasteiger partial charge >= 0.3 is 0 Å². The Bertz CT molecular complexity index is 2490. The van der Waals surface area contributed by atoms with Crippen LogP contribution in [-0.4, -0.2) is 59.8 Å². The van der Waals surface area contributed by atoms with Gasteiger partial charge in [0.25, 0.3) is 5.91 Å². The van der Waals surface area contributed by atoms with Gasteiger partial charge in [0.05, 0.1) is 50.9 Å². The van der Waals surface area contributed by atoms with Gasteiger partial charge < -0.3 is 14.6 Å². The van der Waals surface area contributed by atoms with Gasteiger partial charge in [-0.05, 0) is 78.0 Å². The van der Waals surface area contributed by atoms with Crippen molar-refractivity contribution in [2.24, 2.45) is 5.92 Å². The molecule has 1 N–H and O–H groups in total. The molecule has 0 aliphatic carbocycles. The maximum atomic E-state index is 15.6. The second kappa shape index (κ2) is 15.4. The number of fused-ring (bicyclic) bond motifs is 3. The second-order valence-corrected chi connectivity index (χ2v) is 21.2. The number of nitrogens with zero attached hydrogens (tertiary/aromatic N) is 5. The summed E-state index contributed by atoms with van der Waals surface area (Å²) in [5, 5.41) is 20.6. The van der Waals surface area contributed by atoms with Crippen LogP contribution in [0.5, 0.6) is 5.75 Å². The van der Waals surface area contributed by atoms with Crippen LogP contribution in [0, 0.1) is 5.92 Å². The van der Waals surface area contributed by atoms with Crippen LogP contribution in [0.25, 0.3) is 0 Å². The number of benzene rings is 5. The van der Waals surface area contributed by atoms with Crippen LogP contribution in [0.15, 0.2) is 134 Å². The van der Waals surface area contributed by atoms with Crippen molar-refractivity contribution < 1.29 is 24.2 Å². The van der Waals surface area contributed by atoms with Crippen LogP contribution >= 0.6 is 0 Å². The zero-order valence-corrected chi connectivity index (χ0v) is 34.9. The molecule has 5 atom stereocenters. The van der Waals surface area contributed by atoms with E-state index in [1.54, 1.807) is 7.11 Å². The van der Waals surface area contributed by atoms with E-state index >= 15 is 4.79 Å². The molecule has 0 radical (unpaired) electrons. The molecule has 6 aromatic rings. The van der Waals surface area contributed by atoms with Crippen molar-refractivity contribution in [2.75, 3.05) is 23.5 Å². The molecule has 1 fully saturated rings.